The van der Waals surface area contributed by atoms with Crippen molar-refractivity contribution in [1.29, 1.82) is 0 Å². The summed E-state index contributed by atoms with van der Waals surface area (Å²) in [5, 5.41) is 3.25. The Morgan fingerprint density at radius 2 is 2.08 bits per heavy atom. The largest absolute Gasteiger partial charge is 0.326 e. The van der Waals surface area contributed by atoms with Crippen LogP contribution in [-0.2, 0) is 0 Å². The van der Waals surface area contributed by atoms with Crippen LogP contribution in [0.1, 0.15) is 6.92 Å². The first kappa shape index (κ1) is 8.56. The lowest BCUT2D eigenvalue weighted by Crippen LogP contribution is -2.30. The van der Waals surface area contributed by atoms with Gasteiger partial charge in [0.05, 0.1) is 0 Å². The van der Waals surface area contributed by atoms with E-state index in [1.807, 2.05) is 11.9 Å². The minimum absolute atomic E-state index is 0.137. The van der Waals surface area contributed by atoms with Gasteiger partial charge in [-0.2, -0.15) is 0 Å². The van der Waals surface area contributed by atoms with Crippen molar-refractivity contribution in [1.82, 2.24) is 15.1 Å². The van der Waals surface area contributed by atoms with Crippen molar-refractivity contribution >= 4 is 6.03 Å². The zero-order chi connectivity index (χ0) is 9.42. The highest BCUT2D eigenvalue weighted by Gasteiger charge is 2.30. The fourth-order valence-corrected chi connectivity index (χ4v) is 1.84. The summed E-state index contributed by atoms with van der Waals surface area (Å²) in [6.45, 7) is 5.52. The smallest absolute Gasteiger partial charge is 0.324 e. The summed E-state index contributed by atoms with van der Waals surface area (Å²) in [5.41, 5.74) is 2.47. The molecule has 13 heavy (non-hydrogen) atoms. The minimum atomic E-state index is 0.137. The van der Waals surface area contributed by atoms with Gasteiger partial charge in [-0.15, -0.1) is 0 Å². The Morgan fingerprint density at radius 3 is 2.54 bits per heavy atom. The van der Waals surface area contributed by atoms with Gasteiger partial charge in [0.1, 0.15) is 0 Å². The lowest BCUT2D eigenvalue weighted by atomic mass is 10.2. The number of carbonyl (C=O) groups excluding carboxylic acids is 1. The molecule has 2 rings (SSSR count). The molecule has 0 aliphatic carbocycles. The normalized spacial score (nSPS) is 23.7. The van der Waals surface area contributed by atoms with Crippen LogP contribution in [0, 0.1) is 0 Å². The standard InChI is InChI=1S/C9H15N3O/c1-7-5-10-6-8(7)12-4-3-11(2)9(12)13/h10H,3-6H2,1-2H3. The van der Waals surface area contributed by atoms with E-state index in [4.69, 9.17) is 0 Å². The molecule has 0 aromatic carbocycles. The van der Waals surface area contributed by atoms with Gasteiger partial charge in [0.25, 0.3) is 0 Å². The molecule has 0 aromatic rings. The van der Waals surface area contributed by atoms with Crippen LogP contribution in [0.3, 0.4) is 0 Å². The molecular formula is C9H15N3O. The fraction of sp³-hybridized carbons (Fsp3) is 0.667. The maximum atomic E-state index is 11.6. The van der Waals surface area contributed by atoms with E-state index >= 15 is 0 Å². The van der Waals surface area contributed by atoms with Crippen molar-refractivity contribution in [3.8, 4) is 0 Å². The molecule has 2 aliphatic heterocycles. The number of urea groups is 1. The van der Waals surface area contributed by atoms with Gasteiger partial charge in [0, 0.05) is 38.9 Å². The molecule has 4 nitrogen and oxygen atoms in total. The van der Waals surface area contributed by atoms with Crippen molar-refractivity contribution in [2.75, 3.05) is 33.2 Å². The van der Waals surface area contributed by atoms with Crippen LogP contribution in [0.15, 0.2) is 11.3 Å². The van der Waals surface area contributed by atoms with Gasteiger partial charge < -0.3 is 10.2 Å². The molecule has 0 bridgehead atoms. The second kappa shape index (κ2) is 3.03. The summed E-state index contributed by atoms with van der Waals surface area (Å²) < 4.78 is 0. The van der Waals surface area contributed by atoms with E-state index in [0.717, 1.165) is 26.2 Å². The molecule has 2 heterocycles. The van der Waals surface area contributed by atoms with Gasteiger partial charge in [-0.3, -0.25) is 4.90 Å². The predicted octanol–water partition coefficient (Wildman–Crippen LogP) is 0.231. The zero-order valence-electron chi connectivity index (χ0n) is 8.13. The van der Waals surface area contributed by atoms with Crippen molar-refractivity contribution in [3.63, 3.8) is 0 Å². The third kappa shape index (κ3) is 1.31. The molecule has 1 fully saturated rings. The summed E-state index contributed by atoms with van der Waals surface area (Å²) in [7, 11) is 1.85. The van der Waals surface area contributed by atoms with E-state index < -0.39 is 0 Å². The Balaban J connectivity index is 2.18. The van der Waals surface area contributed by atoms with E-state index in [2.05, 4.69) is 12.2 Å². The van der Waals surface area contributed by atoms with Crippen molar-refractivity contribution < 1.29 is 4.79 Å². The quantitative estimate of drug-likeness (QED) is 0.628. The van der Waals surface area contributed by atoms with Gasteiger partial charge >= 0.3 is 6.03 Å². The highest BCUT2D eigenvalue weighted by molar-refractivity contribution is 5.78. The molecule has 0 radical (unpaired) electrons. The summed E-state index contributed by atoms with van der Waals surface area (Å²) in [6.07, 6.45) is 0. The molecule has 0 atom stereocenters. The molecular weight excluding hydrogens is 166 g/mol. The first-order valence-electron chi connectivity index (χ1n) is 4.62. The number of rotatable bonds is 1. The average Bonchev–Trinajstić information content (AvgIpc) is 2.62. The number of likely N-dealkylation sites (N-methyl/N-ethyl adjacent to an activating group) is 1. The maximum absolute atomic E-state index is 11.6. The van der Waals surface area contributed by atoms with Gasteiger partial charge in [-0.1, -0.05) is 0 Å². The fourth-order valence-electron chi connectivity index (χ4n) is 1.84. The molecule has 1 saturated heterocycles. The molecule has 0 spiro atoms. The van der Waals surface area contributed by atoms with Gasteiger partial charge in [0.2, 0.25) is 0 Å². The lowest BCUT2D eigenvalue weighted by Gasteiger charge is -2.17. The van der Waals surface area contributed by atoms with Crippen molar-refractivity contribution in [3.05, 3.63) is 11.3 Å². The van der Waals surface area contributed by atoms with Gasteiger partial charge in [-0.05, 0) is 12.5 Å². The lowest BCUT2D eigenvalue weighted by molar-refractivity contribution is 0.206. The second-order valence-electron chi connectivity index (χ2n) is 3.69. The Hall–Kier alpha value is -1.03. The SMILES string of the molecule is CC1=C(N2CCN(C)C2=O)CNC1. The van der Waals surface area contributed by atoms with E-state index in [1.54, 1.807) is 4.90 Å². The van der Waals surface area contributed by atoms with Crippen molar-refractivity contribution in [2.24, 2.45) is 0 Å². The molecule has 72 valence electrons. The number of nitrogens with one attached hydrogen (secondary N) is 1. The number of hydrogen-bond acceptors (Lipinski definition) is 2. The molecule has 0 unspecified atom stereocenters. The van der Waals surface area contributed by atoms with Gasteiger partial charge in [0.15, 0.2) is 0 Å². The van der Waals surface area contributed by atoms with Crippen LogP contribution in [0.4, 0.5) is 4.79 Å². The van der Waals surface area contributed by atoms with E-state index in [-0.39, 0.29) is 6.03 Å². The Bertz CT molecular complexity index is 272. The maximum Gasteiger partial charge on any atom is 0.324 e. The van der Waals surface area contributed by atoms with Crippen LogP contribution in [-0.4, -0.2) is 49.1 Å². The molecule has 0 saturated carbocycles. The van der Waals surface area contributed by atoms with E-state index in [1.165, 1.54) is 11.3 Å². The predicted molar refractivity (Wildman–Crippen MR) is 50.3 cm³/mol. The summed E-state index contributed by atoms with van der Waals surface area (Å²) in [4.78, 5) is 15.3. The Morgan fingerprint density at radius 1 is 1.31 bits per heavy atom. The third-order valence-electron chi connectivity index (χ3n) is 2.72. The van der Waals surface area contributed by atoms with Crippen LogP contribution >= 0.6 is 0 Å². The highest BCUT2D eigenvalue weighted by Crippen LogP contribution is 2.19. The van der Waals surface area contributed by atoms with E-state index in [0.29, 0.717) is 0 Å². The zero-order valence-corrected chi connectivity index (χ0v) is 8.13. The third-order valence-corrected chi connectivity index (χ3v) is 2.72. The van der Waals surface area contributed by atoms with Gasteiger partial charge in [-0.25, -0.2) is 4.79 Å². The average molecular weight is 181 g/mol. The number of carbonyl (C=O) groups is 1. The Kier molecular flexibility index (Phi) is 2.00. The van der Waals surface area contributed by atoms with Crippen LogP contribution in [0.2, 0.25) is 0 Å². The Labute approximate surface area is 78.2 Å². The van der Waals surface area contributed by atoms with Crippen LogP contribution in [0.5, 0.6) is 0 Å². The first-order chi connectivity index (χ1) is 6.20. The number of amides is 2. The summed E-state index contributed by atoms with van der Waals surface area (Å²) in [6, 6.07) is 0.137. The van der Waals surface area contributed by atoms with Crippen LogP contribution in [0.25, 0.3) is 0 Å². The van der Waals surface area contributed by atoms with Crippen LogP contribution < -0.4 is 5.32 Å². The second-order valence-corrected chi connectivity index (χ2v) is 3.69. The van der Waals surface area contributed by atoms with E-state index in [9.17, 15) is 4.79 Å². The molecule has 0 aromatic heterocycles. The summed E-state index contributed by atoms with van der Waals surface area (Å²) >= 11 is 0. The summed E-state index contributed by atoms with van der Waals surface area (Å²) in [5.74, 6) is 0. The molecule has 2 aliphatic rings. The number of hydrogen-bond donors (Lipinski definition) is 1. The first-order valence-corrected chi connectivity index (χ1v) is 4.62. The molecule has 2 amide bonds. The monoisotopic (exact) mass is 181 g/mol. The molecule has 1 N–H and O–H groups in total. The molecule has 4 heteroatoms. The van der Waals surface area contributed by atoms with Crippen molar-refractivity contribution in [2.45, 2.75) is 6.92 Å². The minimum Gasteiger partial charge on any atom is -0.326 e. The topological polar surface area (TPSA) is 35.6 Å². The highest BCUT2D eigenvalue weighted by atomic mass is 16.2. The number of nitrogens with zero attached hydrogens (tertiary/aromatic N) is 2.